The lowest BCUT2D eigenvalue weighted by Gasteiger charge is -2.23. The molecule has 0 aromatic heterocycles. The minimum Gasteiger partial charge on any atom is -0.353 e. The summed E-state index contributed by atoms with van der Waals surface area (Å²) < 4.78 is 11.2. The first-order valence-corrected chi connectivity index (χ1v) is 8.23. The highest BCUT2D eigenvalue weighted by Crippen LogP contribution is 2.07. The number of nitrogens with zero attached hydrogens (tertiary/aromatic N) is 1. The molecule has 0 saturated carbocycles. The fourth-order valence-electron chi connectivity index (χ4n) is 2.17. The molecule has 0 spiro atoms. The van der Waals surface area contributed by atoms with Gasteiger partial charge < -0.3 is 14.4 Å². The zero-order chi connectivity index (χ0) is 14.3. The summed E-state index contributed by atoms with van der Waals surface area (Å²) in [6.45, 7) is 13.7. The van der Waals surface area contributed by atoms with Crippen molar-refractivity contribution in [1.82, 2.24) is 4.90 Å². The lowest BCUT2D eigenvalue weighted by Crippen LogP contribution is -2.28. The summed E-state index contributed by atoms with van der Waals surface area (Å²) in [7, 11) is 0. The summed E-state index contributed by atoms with van der Waals surface area (Å²) in [4.78, 5) is 2.60. The molecular formula is C16H35NO2. The number of ether oxygens (including phenoxy) is 2. The molecule has 0 rings (SSSR count). The minimum absolute atomic E-state index is 0.00537. The lowest BCUT2D eigenvalue weighted by molar-refractivity contribution is -0.140. The second-order valence-electron chi connectivity index (χ2n) is 5.03. The second kappa shape index (κ2) is 14.3. The predicted octanol–water partition coefficient (Wildman–Crippen LogP) is 4.07. The monoisotopic (exact) mass is 273 g/mol. The van der Waals surface area contributed by atoms with Gasteiger partial charge in [0.2, 0.25) is 0 Å². The van der Waals surface area contributed by atoms with Crippen molar-refractivity contribution in [3.8, 4) is 0 Å². The maximum absolute atomic E-state index is 5.59. The summed E-state index contributed by atoms with van der Waals surface area (Å²) >= 11 is 0. The van der Waals surface area contributed by atoms with Crippen LogP contribution in [0.1, 0.15) is 66.2 Å². The summed E-state index contributed by atoms with van der Waals surface area (Å²) in [5.74, 6) is 0. The van der Waals surface area contributed by atoms with Gasteiger partial charge in [-0.05, 0) is 59.2 Å². The normalized spacial score (nSPS) is 11.7. The largest absolute Gasteiger partial charge is 0.353 e. The maximum atomic E-state index is 5.59. The quantitative estimate of drug-likeness (QED) is 0.445. The van der Waals surface area contributed by atoms with Crippen molar-refractivity contribution in [2.24, 2.45) is 0 Å². The molecule has 0 bridgehead atoms. The molecule has 0 aromatic rings. The first-order chi connectivity index (χ1) is 9.28. The summed E-state index contributed by atoms with van der Waals surface area (Å²) in [6, 6.07) is 0. The van der Waals surface area contributed by atoms with Gasteiger partial charge in [-0.1, -0.05) is 26.7 Å². The second-order valence-corrected chi connectivity index (χ2v) is 5.03. The third kappa shape index (κ3) is 11.4. The van der Waals surface area contributed by atoms with Gasteiger partial charge in [0.25, 0.3) is 0 Å². The highest BCUT2D eigenvalue weighted by atomic mass is 16.7. The Kier molecular flexibility index (Phi) is 14.2. The Morgan fingerprint density at radius 3 is 1.63 bits per heavy atom. The van der Waals surface area contributed by atoms with Gasteiger partial charge in [0.1, 0.15) is 0 Å². The molecule has 0 saturated heterocycles. The van der Waals surface area contributed by atoms with Crippen LogP contribution in [0, 0.1) is 0 Å². The molecule has 0 atom stereocenters. The van der Waals surface area contributed by atoms with Crippen LogP contribution in [0.15, 0.2) is 0 Å². The van der Waals surface area contributed by atoms with Gasteiger partial charge in [0.05, 0.1) is 0 Å². The van der Waals surface area contributed by atoms with Gasteiger partial charge in [-0.3, -0.25) is 0 Å². The highest BCUT2D eigenvalue weighted by molar-refractivity contribution is 4.59. The Hall–Kier alpha value is -0.120. The minimum atomic E-state index is -0.00537. The van der Waals surface area contributed by atoms with Crippen LogP contribution in [-0.2, 0) is 9.47 Å². The standard InChI is InChI=1S/C16H35NO2/c1-5-9-13-17(14-10-6-2)15-11-12-16(18-7-3)19-8-4/h16H,5-15H2,1-4H3. The molecule has 0 radical (unpaired) electrons. The summed E-state index contributed by atoms with van der Waals surface area (Å²) in [5, 5.41) is 0. The predicted molar refractivity (Wildman–Crippen MR) is 82.5 cm³/mol. The highest BCUT2D eigenvalue weighted by Gasteiger charge is 2.09. The van der Waals surface area contributed by atoms with E-state index in [9.17, 15) is 0 Å². The van der Waals surface area contributed by atoms with Gasteiger partial charge in [-0.2, -0.15) is 0 Å². The average Bonchev–Trinajstić information content (AvgIpc) is 2.41. The van der Waals surface area contributed by atoms with Crippen molar-refractivity contribution in [3.05, 3.63) is 0 Å². The number of hydrogen-bond donors (Lipinski definition) is 0. The van der Waals surface area contributed by atoms with Crippen molar-refractivity contribution in [1.29, 1.82) is 0 Å². The van der Waals surface area contributed by atoms with E-state index in [2.05, 4.69) is 18.7 Å². The van der Waals surface area contributed by atoms with Gasteiger partial charge in [-0.15, -0.1) is 0 Å². The van der Waals surface area contributed by atoms with Crippen LogP contribution in [0.3, 0.4) is 0 Å². The van der Waals surface area contributed by atoms with Gasteiger partial charge in [0.15, 0.2) is 6.29 Å². The van der Waals surface area contributed by atoms with E-state index in [-0.39, 0.29) is 6.29 Å². The molecule has 0 aromatic carbocycles. The van der Waals surface area contributed by atoms with Crippen LogP contribution >= 0.6 is 0 Å². The molecule has 0 aliphatic carbocycles. The lowest BCUT2D eigenvalue weighted by atomic mass is 10.2. The molecular weight excluding hydrogens is 238 g/mol. The first-order valence-electron chi connectivity index (χ1n) is 8.23. The number of hydrogen-bond acceptors (Lipinski definition) is 3. The third-order valence-electron chi connectivity index (χ3n) is 3.28. The topological polar surface area (TPSA) is 21.7 Å². The van der Waals surface area contributed by atoms with Crippen molar-refractivity contribution in [2.75, 3.05) is 32.8 Å². The summed E-state index contributed by atoms with van der Waals surface area (Å²) in [6.07, 6.45) is 7.35. The number of rotatable bonds is 14. The Morgan fingerprint density at radius 2 is 1.21 bits per heavy atom. The van der Waals surface area contributed by atoms with E-state index in [0.29, 0.717) is 0 Å². The molecule has 0 fully saturated rings. The molecule has 19 heavy (non-hydrogen) atoms. The van der Waals surface area contributed by atoms with Crippen molar-refractivity contribution in [2.45, 2.75) is 72.5 Å². The van der Waals surface area contributed by atoms with E-state index in [0.717, 1.165) is 26.1 Å². The number of unbranched alkanes of at least 4 members (excludes halogenated alkanes) is 2. The molecule has 0 amide bonds. The van der Waals surface area contributed by atoms with Gasteiger partial charge >= 0.3 is 0 Å². The van der Waals surface area contributed by atoms with E-state index in [1.54, 1.807) is 0 Å². The van der Waals surface area contributed by atoms with E-state index in [4.69, 9.17) is 9.47 Å². The Labute approximate surface area is 120 Å². The van der Waals surface area contributed by atoms with E-state index in [1.807, 2.05) is 13.8 Å². The van der Waals surface area contributed by atoms with Crippen LogP contribution in [0.5, 0.6) is 0 Å². The fraction of sp³-hybridized carbons (Fsp3) is 1.00. The molecule has 0 heterocycles. The van der Waals surface area contributed by atoms with Gasteiger partial charge in [0, 0.05) is 13.2 Å². The molecule has 3 heteroatoms. The zero-order valence-electron chi connectivity index (χ0n) is 13.6. The van der Waals surface area contributed by atoms with Crippen LogP contribution in [-0.4, -0.2) is 44.0 Å². The SMILES string of the molecule is CCCCN(CCCC)CCCC(OCC)OCC. The molecule has 0 N–H and O–H groups in total. The molecule has 3 nitrogen and oxygen atoms in total. The van der Waals surface area contributed by atoms with Gasteiger partial charge in [-0.25, -0.2) is 0 Å². The smallest absolute Gasteiger partial charge is 0.157 e. The third-order valence-corrected chi connectivity index (χ3v) is 3.28. The Balaban J connectivity index is 3.85. The Bertz CT molecular complexity index is 162. The fourth-order valence-corrected chi connectivity index (χ4v) is 2.17. The zero-order valence-corrected chi connectivity index (χ0v) is 13.6. The Morgan fingerprint density at radius 1 is 0.737 bits per heavy atom. The average molecular weight is 273 g/mol. The van der Waals surface area contributed by atoms with Crippen molar-refractivity contribution >= 4 is 0 Å². The van der Waals surface area contributed by atoms with Crippen LogP contribution in [0.4, 0.5) is 0 Å². The van der Waals surface area contributed by atoms with E-state index < -0.39 is 0 Å². The van der Waals surface area contributed by atoms with E-state index >= 15 is 0 Å². The van der Waals surface area contributed by atoms with E-state index in [1.165, 1.54) is 45.3 Å². The molecule has 116 valence electrons. The maximum Gasteiger partial charge on any atom is 0.157 e. The van der Waals surface area contributed by atoms with Crippen LogP contribution in [0.25, 0.3) is 0 Å². The molecule has 0 aliphatic heterocycles. The van der Waals surface area contributed by atoms with Crippen molar-refractivity contribution in [3.63, 3.8) is 0 Å². The van der Waals surface area contributed by atoms with Crippen LogP contribution < -0.4 is 0 Å². The van der Waals surface area contributed by atoms with Crippen molar-refractivity contribution < 1.29 is 9.47 Å². The molecule has 0 aliphatic rings. The molecule has 0 unspecified atom stereocenters. The van der Waals surface area contributed by atoms with Crippen LogP contribution in [0.2, 0.25) is 0 Å². The first kappa shape index (κ1) is 18.9. The summed E-state index contributed by atoms with van der Waals surface area (Å²) in [5.41, 5.74) is 0.